The van der Waals surface area contributed by atoms with E-state index in [-0.39, 0.29) is 0 Å². The molecule has 1 aromatic heterocycles. The zero-order valence-electron chi connectivity index (χ0n) is 10.2. The fourth-order valence-corrected chi connectivity index (χ4v) is 2.67. The van der Waals surface area contributed by atoms with Crippen molar-refractivity contribution < 1.29 is 0 Å². The molecule has 3 aromatic rings. The molecule has 1 aliphatic rings. The highest BCUT2D eigenvalue weighted by Gasteiger charge is 2.18. The monoisotopic (exact) mass is 245 g/mol. The van der Waals surface area contributed by atoms with E-state index in [9.17, 15) is 0 Å². The maximum absolute atomic E-state index is 4.20. The lowest BCUT2D eigenvalue weighted by molar-refractivity contribution is 1.05. The van der Waals surface area contributed by atoms with Crippen LogP contribution in [-0.4, -0.2) is 15.0 Å². The van der Waals surface area contributed by atoms with Gasteiger partial charge in [0.1, 0.15) is 12.7 Å². The molecule has 4 rings (SSSR count). The minimum absolute atomic E-state index is 0.730. The van der Waals surface area contributed by atoms with Crippen molar-refractivity contribution in [3.63, 3.8) is 0 Å². The average molecular weight is 245 g/mol. The summed E-state index contributed by atoms with van der Waals surface area (Å²) in [5.41, 5.74) is 6.46. The molecule has 0 saturated heterocycles. The van der Waals surface area contributed by atoms with Crippen molar-refractivity contribution in [2.45, 2.75) is 6.42 Å². The molecule has 0 radical (unpaired) electrons. The van der Waals surface area contributed by atoms with Crippen LogP contribution in [0.4, 0.5) is 0 Å². The van der Waals surface area contributed by atoms with Crippen molar-refractivity contribution >= 4 is 0 Å². The normalized spacial score (nSPS) is 12.0. The molecular formula is C16H11N3. The molecule has 0 fully saturated rings. The van der Waals surface area contributed by atoms with Crippen LogP contribution >= 0.6 is 0 Å². The van der Waals surface area contributed by atoms with Crippen LogP contribution in [0.5, 0.6) is 0 Å². The number of benzene rings is 2. The van der Waals surface area contributed by atoms with Crippen molar-refractivity contribution in [2.24, 2.45) is 0 Å². The summed E-state index contributed by atoms with van der Waals surface area (Å²) < 4.78 is 0. The highest BCUT2D eigenvalue weighted by Crippen LogP contribution is 2.37. The predicted molar refractivity (Wildman–Crippen MR) is 73.5 cm³/mol. The Morgan fingerprint density at radius 2 is 1.58 bits per heavy atom. The lowest BCUT2D eigenvalue weighted by atomic mass is 10.0. The SMILES string of the molecule is c1ccc2c(c1)Cc1cc(-c3ncncn3)ccc1-2. The summed E-state index contributed by atoms with van der Waals surface area (Å²) in [6, 6.07) is 15.0. The van der Waals surface area contributed by atoms with Crippen molar-refractivity contribution in [1.29, 1.82) is 0 Å². The van der Waals surface area contributed by atoms with Crippen LogP contribution in [0.15, 0.2) is 55.1 Å². The molecule has 2 aromatic carbocycles. The van der Waals surface area contributed by atoms with Gasteiger partial charge in [-0.05, 0) is 34.7 Å². The fourth-order valence-electron chi connectivity index (χ4n) is 2.67. The maximum Gasteiger partial charge on any atom is 0.162 e. The summed E-state index contributed by atoms with van der Waals surface area (Å²) in [4.78, 5) is 12.3. The molecule has 0 saturated carbocycles. The molecule has 0 atom stereocenters. The molecule has 3 heteroatoms. The van der Waals surface area contributed by atoms with E-state index in [2.05, 4.69) is 57.4 Å². The van der Waals surface area contributed by atoms with Crippen molar-refractivity contribution in [1.82, 2.24) is 15.0 Å². The van der Waals surface area contributed by atoms with E-state index in [4.69, 9.17) is 0 Å². The maximum atomic E-state index is 4.20. The Balaban J connectivity index is 1.84. The Labute approximate surface area is 111 Å². The van der Waals surface area contributed by atoms with E-state index in [1.807, 2.05) is 0 Å². The van der Waals surface area contributed by atoms with Gasteiger partial charge in [-0.15, -0.1) is 0 Å². The minimum Gasteiger partial charge on any atom is -0.225 e. The van der Waals surface area contributed by atoms with Crippen molar-refractivity contribution in [3.8, 4) is 22.5 Å². The van der Waals surface area contributed by atoms with Crippen LogP contribution in [0.1, 0.15) is 11.1 Å². The van der Waals surface area contributed by atoms with E-state index in [1.54, 1.807) is 0 Å². The van der Waals surface area contributed by atoms with Crippen LogP contribution < -0.4 is 0 Å². The highest BCUT2D eigenvalue weighted by molar-refractivity contribution is 5.79. The third kappa shape index (κ3) is 1.63. The van der Waals surface area contributed by atoms with Gasteiger partial charge in [-0.1, -0.05) is 36.4 Å². The van der Waals surface area contributed by atoms with Crippen LogP contribution in [0.25, 0.3) is 22.5 Å². The Bertz CT molecular complexity index is 751. The molecule has 0 N–H and O–H groups in total. The number of hydrogen-bond donors (Lipinski definition) is 0. The largest absolute Gasteiger partial charge is 0.225 e. The average Bonchev–Trinajstić information content (AvgIpc) is 2.86. The molecule has 0 unspecified atom stereocenters. The molecule has 1 heterocycles. The van der Waals surface area contributed by atoms with Gasteiger partial charge in [0.05, 0.1) is 0 Å². The summed E-state index contributed by atoms with van der Waals surface area (Å²) in [5, 5.41) is 0. The van der Waals surface area contributed by atoms with Crippen LogP contribution in [0, 0.1) is 0 Å². The predicted octanol–water partition coefficient (Wildman–Crippen LogP) is 3.11. The number of nitrogens with zero attached hydrogens (tertiary/aromatic N) is 3. The molecule has 0 spiro atoms. The van der Waals surface area contributed by atoms with Crippen LogP contribution in [-0.2, 0) is 6.42 Å². The third-order valence-electron chi connectivity index (χ3n) is 3.55. The first-order valence-electron chi connectivity index (χ1n) is 6.25. The lowest BCUT2D eigenvalue weighted by Gasteiger charge is -2.03. The summed E-state index contributed by atoms with van der Waals surface area (Å²) in [7, 11) is 0. The quantitative estimate of drug-likeness (QED) is 0.517. The Kier molecular flexibility index (Phi) is 2.18. The molecule has 0 bridgehead atoms. The zero-order valence-corrected chi connectivity index (χ0v) is 10.2. The second-order valence-electron chi connectivity index (χ2n) is 4.67. The third-order valence-corrected chi connectivity index (χ3v) is 3.55. The first kappa shape index (κ1) is 10.4. The van der Waals surface area contributed by atoms with Gasteiger partial charge in [0, 0.05) is 5.56 Å². The Morgan fingerprint density at radius 3 is 2.47 bits per heavy atom. The summed E-state index contributed by atoms with van der Waals surface area (Å²) in [6.45, 7) is 0. The van der Waals surface area contributed by atoms with Gasteiger partial charge in [0.25, 0.3) is 0 Å². The van der Waals surface area contributed by atoms with Gasteiger partial charge >= 0.3 is 0 Å². The lowest BCUT2D eigenvalue weighted by Crippen LogP contribution is -1.90. The molecule has 19 heavy (non-hydrogen) atoms. The second-order valence-corrected chi connectivity index (χ2v) is 4.67. The first-order chi connectivity index (χ1) is 9.42. The van der Waals surface area contributed by atoms with Crippen LogP contribution in [0.3, 0.4) is 0 Å². The van der Waals surface area contributed by atoms with Gasteiger partial charge < -0.3 is 0 Å². The van der Waals surface area contributed by atoms with Gasteiger partial charge in [0.2, 0.25) is 0 Å². The number of hydrogen-bond acceptors (Lipinski definition) is 3. The Hall–Kier alpha value is -2.55. The van der Waals surface area contributed by atoms with Gasteiger partial charge in [-0.25, -0.2) is 15.0 Å². The first-order valence-corrected chi connectivity index (χ1v) is 6.25. The fraction of sp³-hybridized carbons (Fsp3) is 0.0625. The van der Waals surface area contributed by atoms with E-state index in [0.29, 0.717) is 0 Å². The molecular weight excluding hydrogens is 234 g/mol. The number of aromatic nitrogens is 3. The minimum atomic E-state index is 0.730. The Morgan fingerprint density at radius 1 is 0.789 bits per heavy atom. The van der Waals surface area contributed by atoms with E-state index >= 15 is 0 Å². The molecule has 0 aliphatic heterocycles. The number of fused-ring (bicyclic) bond motifs is 3. The number of rotatable bonds is 1. The van der Waals surface area contributed by atoms with E-state index < -0.39 is 0 Å². The van der Waals surface area contributed by atoms with Crippen molar-refractivity contribution in [3.05, 3.63) is 66.2 Å². The highest BCUT2D eigenvalue weighted by atomic mass is 15.0. The van der Waals surface area contributed by atoms with Gasteiger partial charge in [0.15, 0.2) is 5.82 Å². The van der Waals surface area contributed by atoms with E-state index in [1.165, 1.54) is 34.9 Å². The summed E-state index contributed by atoms with van der Waals surface area (Å²) in [6.07, 6.45) is 4.05. The second kappa shape index (κ2) is 3.99. The molecule has 90 valence electrons. The van der Waals surface area contributed by atoms with Gasteiger partial charge in [-0.3, -0.25) is 0 Å². The summed E-state index contributed by atoms with van der Waals surface area (Å²) in [5.74, 6) is 0.730. The smallest absolute Gasteiger partial charge is 0.162 e. The molecule has 3 nitrogen and oxygen atoms in total. The molecule has 0 amide bonds. The topological polar surface area (TPSA) is 38.7 Å². The van der Waals surface area contributed by atoms with Crippen LogP contribution in [0.2, 0.25) is 0 Å². The van der Waals surface area contributed by atoms with Gasteiger partial charge in [-0.2, -0.15) is 0 Å². The summed E-state index contributed by atoms with van der Waals surface area (Å²) >= 11 is 0. The zero-order chi connectivity index (χ0) is 12.7. The van der Waals surface area contributed by atoms with Crippen molar-refractivity contribution in [2.75, 3.05) is 0 Å². The molecule has 1 aliphatic carbocycles. The van der Waals surface area contributed by atoms with E-state index in [0.717, 1.165) is 17.8 Å². The standard InChI is InChI=1S/C16H11N3/c1-2-4-14-11(3-1)7-13-8-12(5-6-15(13)14)16-18-9-17-10-19-16/h1-6,8-10H,7H2.